The number of carbonyl (C=O) groups excluding carboxylic acids is 1. The molecule has 1 saturated carbocycles. The molecule has 0 atom stereocenters. The number of nitrogens with zero attached hydrogens (tertiary/aromatic N) is 5. The molecular weight excluding hydrogens is 520 g/mol. The third kappa shape index (κ3) is 12.4. The van der Waals surface area contributed by atoms with Gasteiger partial charge in [0.1, 0.15) is 17.9 Å². The number of hydrogen-bond acceptors (Lipinski definition) is 9. The van der Waals surface area contributed by atoms with Crippen molar-refractivity contribution in [2.24, 2.45) is 5.92 Å². The third-order valence-corrected chi connectivity index (χ3v) is 6.52. The van der Waals surface area contributed by atoms with Crippen LogP contribution in [0.5, 0.6) is 0 Å². The number of aromatic nitrogens is 4. The van der Waals surface area contributed by atoms with Crippen LogP contribution in [0.3, 0.4) is 0 Å². The summed E-state index contributed by atoms with van der Waals surface area (Å²) in [7, 11) is 4.07. The zero-order valence-electron chi connectivity index (χ0n) is 25.9. The molecule has 10 heteroatoms. The van der Waals surface area contributed by atoms with E-state index in [1.165, 1.54) is 0 Å². The second kappa shape index (κ2) is 19.9. The lowest BCUT2D eigenvalue weighted by atomic mass is 10.3. The van der Waals surface area contributed by atoms with Crippen molar-refractivity contribution in [3.8, 4) is 0 Å². The van der Waals surface area contributed by atoms with Crippen molar-refractivity contribution in [2.75, 3.05) is 55.8 Å². The monoisotopic (exact) mass is 570 g/mol. The Hall–Kier alpha value is -3.11. The van der Waals surface area contributed by atoms with Gasteiger partial charge in [-0.2, -0.15) is 5.10 Å². The average Bonchev–Trinajstić information content (AvgIpc) is 3.77. The lowest BCUT2D eigenvalue weighted by Crippen LogP contribution is -2.44. The highest BCUT2D eigenvalue weighted by molar-refractivity contribution is 7.99. The maximum absolute atomic E-state index is 9.57. The molecule has 1 saturated heterocycles. The van der Waals surface area contributed by atoms with Gasteiger partial charge in [-0.25, -0.2) is 9.97 Å². The van der Waals surface area contributed by atoms with Crippen LogP contribution < -0.4 is 15.5 Å². The lowest BCUT2D eigenvalue weighted by Gasteiger charge is -2.33. The van der Waals surface area contributed by atoms with Gasteiger partial charge in [0.25, 0.3) is 0 Å². The molecule has 222 valence electrons. The van der Waals surface area contributed by atoms with Gasteiger partial charge >= 0.3 is 0 Å². The van der Waals surface area contributed by atoms with Crippen LogP contribution in [0, 0.1) is 12.8 Å². The molecule has 2 aliphatic rings. The Morgan fingerprint density at radius 1 is 0.925 bits per heavy atom. The van der Waals surface area contributed by atoms with Gasteiger partial charge in [-0.05, 0) is 62.8 Å². The fourth-order valence-corrected chi connectivity index (χ4v) is 4.13. The van der Waals surface area contributed by atoms with Gasteiger partial charge in [-0.15, -0.1) is 0 Å². The molecule has 9 nitrogen and oxygen atoms in total. The number of carbonyl (C=O) groups is 1. The van der Waals surface area contributed by atoms with E-state index >= 15 is 0 Å². The number of H-pyrrole nitrogens is 1. The van der Waals surface area contributed by atoms with E-state index in [4.69, 9.17) is 9.97 Å². The largest absolute Gasteiger partial charge is 0.388 e. The van der Waals surface area contributed by atoms with Crippen LogP contribution in [-0.4, -0.2) is 71.6 Å². The van der Waals surface area contributed by atoms with E-state index in [9.17, 15) is 4.79 Å². The predicted molar refractivity (Wildman–Crippen MR) is 171 cm³/mol. The number of aromatic amines is 1. The number of aldehydes is 1. The topological polar surface area (TPSA) is 102 Å². The van der Waals surface area contributed by atoms with Crippen LogP contribution in [0.1, 0.15) is 60.1 Å². The summed E-state index contributed by atoms with van der Waals surface area (Å²) in [6.45, 7) is 17.9. The smallest absolute Gasteiger partial charge is 0.196 e. The first-order chi connectivity index (χ1) is 19.5. The number of likely N-dealkylation sites (N-methyl/N-ethyl adjacent to an activating group) is 1. The number of piperazine rings is 1. The van der Waals surface area contributed by atoms with E-state index in [0.29, 0.717) is 11.1 Å². The van der Waals surface area contributed by atoms with E-state index in [2.05, 4.69) is 61.9 Å². The van der Waals surface area contributed by atoms with E-state index in [1.807, 2.05) is 67.6 Å². The Bertz CT molecular complexity index is 1080. The first-order valence-electron chi connectivity index (χ1n) is 14.5. The van der Waals surface area contributed by atoms with Gasteiger partial charge in [0, 0.05) is 67.6 Å². The van der Waals surface area contributed by atoms with Crippen molar-refractivity contribution in [3.63, 3.8) is 0 Å². The highest BCUT2D eigenvalue weighted by Crippen LogP contribution is 2.30. The third-order valence-electron chi connectivity index (χ3n) is 5.65. The summed E-state index contributed by atoms with van der Waals surface area (Å²) < 4.78 is 0. The first kappa shape index (κ1) is 34.9. The highest BCUT2D eigenvalue weighted by Gasteiger charge is 2.19. The van der Waals surface area contributed by atoms with E-state index in [0.717, 1.165) is 79.0 Å². The molecule has 1 aliphatic carbocycles. The standard InChI is InChI=1S/C20H26N8S.C4H6O.3C2H6/c1-14-12-18(26-25-14)22-17-13-19(28-10-8-27(3)9-11-28)24-20(23-17)29-16-6-4-15(21-2)5-7-16;5-3-4-1-2-4;3*1-2/h4-7,12-13,21H,8-11H2,1-3H3,(H2,22,23,24,25,26);3-4H,1-2H2;3*1-2H3. The molecule has 3 aromatic rings. The number of hydrogen-bond donors (Lipinski definition) is 3. The molecule has 1 aromatic carbocycles. The van der Waals surface area contributed by atoms with Crippen molar-refractivity contribution in [3.05, 3.63) is 42.1 Å². The molecule has 1 aliphatic heterocycles. The normalized spacial score (nSPS) is 14.0. The summed E-state index contributed by atoms with van der Waals surface area (Å²) in [5, 5.41) is 14.4. The van der Waals surface area contributed by atoms with Crippen LogP contribution in [0.4, 0.5) is 23.1 Å². The Morgan fingerprint density at radius 2 is 1.55 bits per heavy atom. The molecular formula is C30H50N8OS. The van der Waals surface area contributed by atoms with Crippen LogP contribution in [0.15, 0.2) is 46.5 Å². The Labute approximate surface area is 246 Å². The molecule has 2 aromatic heterocycles. The molecule has 0 amide bonds. The molecule has 40 heavy (non-hydrogen) atoms. The molecule has 0 radical (unpaired) electrons. The zero-order valence-corrected chi connectivity index (χ0v) is 26.7. The Morgan fingerprint density at radius 3 is 2.02 bits per heavy atom. The van der Waals surface area contributed by atoms with Crippen LogP contribution >= 0.6 is 11.8 Å². The predicted octanol–water partition coefficient (Wildman–Crippen LogP) is 6.87. The summed E-state index contributed by atoms with van der Waals surface area (Å²) in [6, 6.07) is 12.2. The van der Waals surface area contributed by atoms with Gasteiger partial charge in [0.05, 0.1) is 0 Å². The maximum Gasteiger partial charge on any atom is 0.196 e. The summed E-state index contributed by atoms with van der Waals surface area (Å²) in [5.41, 5.74) is 2.08. The molecule has 3 N–H and O–H groups in total. The van der Waals surface area contributed by atoms with Crippen molar-refractivity contribution in [2.45, 2.75) is 71.4 Å². The van der Waals surface area contributed by atoms with Crippen molar-refractivity contribution < 1.29 is 4.79 Å². The summed E-state index contributed by atoms with van der Waals surface area (Å²) in [5.74, 6) is 2.89. The summed E-state index contributed by atoms with van der Waals surface area (Å²) >= 11 is 1.56. The molecule has 0 spiro atoms. The molecule has 3 heterocycles. The summed E-state index contributed by atoms with van der Waals surface area (Å²) in [4.78, 5) is 24.9. The van der Waals surface area contributed by atoms with Crippen molar-refractivity contribution in [1.82, 2.24) is 25.1 Å². The number of rotatable bonds is 7. The van der Waals surface area contributed by atoms with Crippen molar-refractivity contribution in [1.29, 1.82) is 0 Å². The van der Waals surface area contributed by atoms with Gasteiger partial charge < -0.3 is 25.2 Å². The second-order valence-corrected chi connectivity index (χ2v) is 9.64. The van der Waals surface area contributed by atoms with E-state index in [-0.39, 0.29) is 0 Å². The molecule has 2 fully saturated rings. The minimum atomic E-state index is 0.454. The number of nitrogens with one attached hydrogen (secondary N) is 3. The van der Waals surface area contributed by atoms with E-state index < -0.39 is 0 Å². The van der Waals surface area contributed by atoms with Gasteiger partial charge in [-0.3, -0.25) is 5.10 Å². The van der Waals surface area contributed by atoms with E-state index in [1.54, 1.807) is 11.8 Å². The van der Waals surface area contributed by atoms with Crippen molar-refractivity contribution >= 4 is 41.2 Å². The Balaban J connectivity index is 0.000000626. The molecule has 5 rings (SSSR count). The van der Waals surface area contributed by atoms with Crippen LogP contribution in [-0.2, 0) is 4.79 Å². The quantitative estimate of drug-likeness (QED) is 0.207. The maximum atomic E-state index is 9.57. The van der Waals surface area contributed by atoms with Gasteiger partial charge in [0.15, 0.2) is 11.0 Å². The molecule has 0 bridgehead atoms. The number of anilines is 4. The fraction of sp³-hybridized carbons (Fsp3) is 0.533. The Kier molecular flexibility index (Phi) is 17.3. The molecule has 0 unspecified atom stereocenters. The van der Waals surface area contributed by atoms with Crippen LogP contribution in [0.25, 0.3) is 0 Å². The SMILES string of the molecule is CC.CC.CC.CNc1ccc(Sc2nc(Nc3cc(C)[nH]n3)cc(N3CCN(C)CC3)n2)cc1.O=CC1CC1. The number of benzene rings is 1. The average molecular weight is 571 g/mol. The lowest BCUT2D eigenvalue weighted by molar-refractivity contribution is -0.108. The minimum Gasteiger partial charge on any atom is -0.388 e. The zero-order chi connectivity index (χ0) is 29.9. The van der Waals surface area contributed by atoms with Gasteiger partial charge in [0.2, 0.25) is 0 Å². The highest BCUT2D eigenvalue weighted by atomic mass is 32.2. The fourth-order valence-electron chi connectivity index (χ4n) is 3.36. The van der Waals surface area contributed by atoms with Gasteiger partial charge in [-0.1, -0.05) is 41.5 Å². The second-order valence-electron chi connectivity index (χ2n) is 8.60. The number of aryl methyl sites for hydroxylation is 1. The summed E-state index contributed by atoms with van der Waals surface area (Å²) in [6.07, 6.45) is 3.31. The minimum absolute atomic E-state index is 0.454. The van der Waals surface area contributed by atoms with Crippen LogP contribution in [0.2, 0.25) is 0 Å². The first-order valence-corrected chi connectivity index (χ1v) is 15.4.